The Morgan fingerprint density at radius 1 is 1.12 bits per heavy atom. The molecule has 0 radical (unpaired) electrons. The molecule has 2 atom stereocenters. The molecule has 6 nitrogen and oxygen atoms in total. The summed E-state index contributed by atoms with van der Waals surface area (Å²) in [6.07, 6.45) is 7.75. The Labute approximate surface area is 144 Å². The molecular weight excluding hydrogens is 304 g/mol. The molecule has 0 spiro atoms. The minimum absolute atomic E-state index is 0.0438. The van der Waals surface area contributed by atoms with Crippen molar-refractivity contribution in [1.82, 2.24) is 15.1 Å². The van der Waals surface area contributed by atoms with Crippen LogP contribution in [0.25, 0.3) is 0 Å². The lowest BCUT2D eigenvalue weighted by atomic mass is 9.99. The summed E-state index contributed by atoms with van der Waals surface area (Å²) in [6.45, 7) is 3.73. The van der Waals surface area contributed by atoms with E-state index in [-0.39, 0.29) is 23.9 Å². The van der Waals surface area contributed by atoms with E-state index in [4.69, 9.17) is 0 Å². The fourth-order valence-electron chi connectivity index (χ4n) is 4.80. The number of nitrogens with zero attached hydrogens (tertiary/aromatic N) is 3. The lowest BCUT2D eigenvalue weighted by molar-refractivity contribution is -0.130. The van der Waals surface area contributed by atoms with E-state index in [0.717, 1.165) is 64.5 Å². The second kappa shape index (κ2) is 7.10. The van der Waals surface area contributed by atoms with Gasteiger partial charge >= 0.3 is 0 Å². The van der Waals surface area contributed by atoms with Crippen LogP contribution in [-0.4, -0.2) is 58.9 Å². The van der Waals surface area contributed by atoms with Crippen molar-refractivity contribution in [2.75, 3.05) is 19.6 Å². The van der Waals surface area contributed by atoms with E-state index in [9.17, 15) is 14.9 Å². The van der Waals surface area contributed by atoms with Crippen LogP contribution in [0.15, 0.2) is 0 Å². The molecule has 0 unspecified atom stereocenters. The van der Waals surface area contributed by atoms with Gasteiger partial charge in [0.15, 0.2) is 0 Å². The molecule has 6 heteroatoms. The van der Waals surface area contributed by atoms with Gasteiger partial charge in [-0.1, -0.05) is 0 Å². The van der Waals surface area contributed by atoms with Gasteiger partial charge in [-0.05, 0) is 57.9 Å². The summed E-state index contributed by atoms with van der Waals surface area (Å²) in [4.78, 5) is 28.6. The Hall–Kier alpha value is -1.61. The fourth-order valence-corrected chi connectivity index (χ4v) is 4.80. The Kier molecular flexibility index (Phi) is 5.09. The first-order valence-electron chi connectivity index (χ1n) is 9.28. The molecule has 0 aromatic carbocycles. The molecule has 2 saturated heterocycles. The monoisotopic (exact) mass is 332 g/mol. The van der Waals surface area contributed by atoms with Crippen LogP contribution in [0.2, 0.25) is 0 Å². The molecule has 3 rings (SSSR count). The first-order chi connectivity index (χ1) is 11.5. The van der Waals surface area contributed by atoms with Gasteiger partial charge in [0.1, 0.15) is 5.54 Å². The Morgan fingerprint density at radius 3 is 2.46 bits per heavy atom. The summed E-state index contributed by atoms with van der Waals surface area (Å²) in [7, 11) is 0. The highest BCUT2D eigenvalue weighted by Gasteiger charge is 2.40. The van der Waals surface area contributed by atoms with Crippen molar-refractivity contribution in [2.45, 2.75) is 75.9 Å². The smallest absolute Gasteiger partial charge is 0.235 e. The van der Waals surface area contributed by atoms with Crippen molar-refractivity contribution in [2.24, 2.45) is 0 Å². The number of likely N-dealkylation sites (tertiary alicyclic amines) is 2. The van der Waals surface area contributed by atoms with Crippen molar-refractivity contribution < 1.29 is 9.59 Å². The number of carbonyl (C=O) groups is 2. The molecule has 1 saturated carbocycles. The third-order valence-electron chi connectivity index (χ3n) is 5.96. The molecule has 0 aromatic heterocycles. The average molecular weight is 332 g/mol. The number of carbonyl (C=O) groups excluding carboxylic acids is 2. The van der Waals surface area contributed by atoms with Gasteiger partial charge in [-0.3, -0.25) is 14.5 Å². The first-order valence-corrected chi connectivity index (χ1v) is 9.28. The zero-order chi connectivity index (χ0) is 17.2. The van der Waals surface area contributed by atoms with Gasteiger partial charge in [0.05, 0.1) is 12.6 Å². The van der Waals surface area contributed by atoms with E-state index in [1.807, 2.05) is 4.90 Å². The van der Waals surface area contributed by atoms with Gasteiger partial charge in [0.2, 0.25) is 11.8 Å². The first kappa shape index (κ1) is 17.2. The maximum atomic E-state index is 12.5. The third-order valence-corrected chi connectivity index (χ3v) is 5.96. The van der Waals surface area contributed by atoms with Crippen LogP contribution in [0.5, 0.6) is 0 Å². The second-order valence-electron chi connectivity index (χ2n) is 7.55. The molecule has 1 aliphatic carbocycles. The summed E-state index contributed by atoms with van der Waals surface area (Å²) in [6, 6.07) is 2.84. The van der Waals surface area contributed by atoms with E-state index >= 15 is 0 Å². The molecule has 0 bridgehead atoms. The molecule has 2 aliphatic heterocycles. The van der Waals surface area contributed by atoms with Crippen molar-refractivity contribution in [3.63, 3.8) is 0 Å². The topological polar surface area (TPSA) is 76.4 Å². The number of nitriles is 1. The molecule has 132 valence electrons. The summed E-state index contributed by atoms with van der Waals surface area (Å²) in [5, 5.41) is 12.4. The second-order valence-corrected chi connectivity index (χ2v) is 7.55. The van der Waals surface area contributed by atoms with Crippen molar-refractivity contribution in [1.29, 1.82) is 5.26 Å². The van der Waals surface area contributed by atoms with Crippen LogP contribution in [0, 0.1) is 11.3 Å². The van der Waals surface area contributed by atoms with Crippen LogP contribution in [0.1, 0.15) is 58.3 Å². The van der Waals surface area contributed by atoms with E-state index in [1.165, 1.54) is 0 Å². The molecule has 24 heavy (non-hydrogen) atoms. The van der Waals surface area contributed by atoms with Crippen molar-refractivity contribution in [3.05, 3.63) is 0 Å². The highest BCUT2D eigenvalue weighted by atomic mass is 16.2. The SMILES string of the molecule is CC(=O)N1CCC[C@@H]1[C@@H]1CCCN1CC(=O)NC1(C#N)CCCC1. The van der Waals surface area contributed by atoms with Gasteiger partial charge in [-0.15, -0.1) is 0 Å². The highest BCUT2D eigenvalue weighted by molar-refractivity contribution is 5.79. The number of nitrogens with one attached hydrogen (secondary N) is 1. The predicted octanol–water partition coefficient (Wildman–Crippen LogP) is 1.41. The van der Waals surface area contributed by atoms with E-state index in [2.05, 4.69) is 16.3 Å². The minimum atomic E-state index is -0.648. The standard InChI is InChI=1S/C18H28N4O2/c1-14(23)22-11-5-7-16(22)15-6-4-10-21(15)12-17(24)20-18(13-19)8-2-3-9-18/h15-16H,2-12H2,1H3,(H,20,24)/t15-,16+/m0/s1. The summed E-state index contributed by atoms with van der Waals surface area (Å²) >= 11 is 0. The lowest BCUT2D eigenvalue weighted by Gasteiger charge is -2.34. The number of rotatable bonds is 4. The zero-order valence-corrected chi connectivity index (χ0v) is 14.6. The fraction of sp³-hybridized carbons (Fsp3) is 0.833. The van der Waals surface area contributed by atoms with E-state index in [0.29, 0.717) is 6.54 Å². The third kappa shape index (κ3) is 3.41. The largest absolute Gasteiger partial charge is 0.338 e. The maximum Gasteiger partial charge on any atom is 0.235 e. The van der Waals surface area contributed by atoms with Crippen LogP contribution in [0.3, 0.4) is 0 Å². The normalized spacial score (nSPS) is 29.6. The quantitative estimate of drug-likeness (QED) is 0.844. The summed E-state index contributed by atoms with van der Waals surface area (Å²) in [5.41, 5.74) is -0.648. The van der Waals surface area contributed by atoms with Gasteiger partial charge < -0.3 is 10.2 Å². The van der Waals surface area contributed by atoms with Gasteiger partial charge in [-0.2, -0.15) is 5.26 Å². The Bertz CT molecular complexity index is 536. The molecule has 3 aliphatic rings. The molecule has 0 aromatic rings. The van der Waals surface area contributed by atoms with E-state index < -0.39 is 5.54 Å². The van der Waals surface area contributed by atoms with Gasteiger partial charge in [0, 0.05) is 25.6 Å². The van der Waals surface area contributed by atoms with E-state index in [1.54, 1.807) is 6.92 Å². The molecule has 1 N–H and O–H groups in total. The molecule has 3 fully saturated rings. The van der Waals surface area contributed by atoms with Gasteiger partial charge in [0.25, 0.3) is 0 Å². The highest BCUT2D eigenvalue weighted by Crippen LogP contribution is 2.31. The number of amides is 2. The average Bonchev–Trinajstić information content (AvgIpc) is 3.26. The Morgan fingerprint density at radius 2 is 1.79 bits per heavy atom. The van der Waals surface area contributed by atoms with Crippen LogP contribution < -0.4 is 5.32 Å². The van der Waals surface area contributed by atoms with Crippen LogP contribution >= 0.6 is 0 Å². The van der Waals surface area contributed by atoms with Crippen LogP contribution in [0.4, 0.5) is 0 Å². The van der Waals surface area contributed by atoms with Gasteiger partial charge in [-0.25, -0.2) is 0 Å². The van der Waals surface area contributed by atoms with Crippen molar-refractivity contribution in [3.8, 4) is 6.07 Å². The zero-order valence-electron chi connectivity index (χ0n) is 14.6. The molecule has 2 amide bonds. The molecule has 2 heterocycles. The predicted molar refractivity (Wildman–Crippen MR) is 90.0 cm³/mol. The van der Waals surface area contributed by atoms with Crippen molar-refractivity contribution >= 4 is 11.8 Å². The molecular formula is C18H28N4O2. The number of hydrogen-bond donors (Lipinski definition) is 1. The maximum absolute atomic E-state index is 12.5. The summed E-state index contributed by atoms with van der Waals surface area (Å²) < 4.78 is 0. The number of hydrogen-bond acceptors (Lipinski definition) is 4. The minimum Gasteiger partial charge on any atom is -0.338 e. The lowest BCUT2D eigenvalue weighted by Crippen LogP contribution is -2.53. The summed E-state index contributed by atoms with van der Waals surface area (Å²) in [5.74, 6) is 0.0981. The van der Waals surface area contributed by atoms with Crippen LogP contribution in [-0.2, 0) is 9.59 Å². The Balaban J connectivity index is 1.61.